The third-order valence-electron chi connectivity index (χ3n) is 9.50. The van der Waals surface area contributed by atoms with Crippen molar-refractivity contribution in [1.29, 1.82) is 0 Å². The molecule has 2 aromatic heterocycles. The predicted octanol–water partition coefficient (Wildman–Crippen LogP) is 8.29. The van der Waals surface area contributed by atoms with Crippen molar-refractivity contribution in [3.63, 3.8) is 0 Å². The van der Waals surface area contributed by atoms with Crippen molar-refractivity contribution in [2.75, 3.05) is 0 Å². The van der Waals surface area contributed by atoms with Crippen LogP contribution in [0.5, 0.6) is 0 Å². The number of hydrogen-bond acceptors (Lipinski definition) is 4. The number of thiophene rings is 1. The molecule has 1 aliphatic carbocycles. The van der Waals surface area contributed by atoms with Gasteiger partial charge in [0.1, 0.15) is 0 Å². The minimum Gasteiger partial charge on any atom is -0.209 e. The second-order valence-corrected chi connectivity index (χ2v) is 17.2. The van der Waals surface area contributed by atoms with E-state index in [4.69, 9.17) is 15.0 Å². The fraction of sp³-hybridized carbons (Fsp3) is 0.0227. The van der Waals surface area contributed by atoms with Crippen LogP contribution >= 0.6 is 11.3 Å². The zero-order valence-electron chi connectivity index (χ0n) is 26.7. The van der Waals surface area contributed by atoms with Crippen LogP contribution in [0.3, 0.4) is 0 Å². The van der Waals surface area contributed by atoms with Crippen LogP contribution in [0.15, 0.2) is 176 Å². The second-order valence-electron chi connectivity index (χ2n) is 12.3. The van der Waals surface area contributed by atoms with Crippen LogP contribution in [-0.4, -0.2) is 23.0 Å². The van der Waals surface area contributed by atoms with Crippen LogP contribution in [0.2, 0.25) is 0 Å². The molecule has 8 aromatic rings. The Balaban J connectivity index is 1.42. The third kappa shape index (κ3) is 5.06. The van der Waals surface area contributed by atoms with Gasteiger partial charge in [0.05, 0.1) is 0 Å². The van der Waals surface area contributed by atoms with Crippen LogP contribution in [0.25, 0.3) is 48.5 Å². The van der Waals surface area contributed by atoms with Gasteiger partial charge < -0.3 is 0 Å². The second kappa shape index (κ2) is 12.4. The molecule has 9 rings (SSSR count). The highest BCUT2D eigenvalue weighted by Crippen LogP contribution is 2.40. The third-order valence-corrected chi connectivity index (χ3v) is 15.4. The Morgan fingerprint density at radius 2 is 1.04 bits per heavy atom. The topological polar surface area (TPSA) is 38.7 Å². The number of allylic oxidation sites excluding steroid dienone is 4. The van der Waals surface area contributed by atoms with Crippen molar-refractivity contribution in [2.45, 2.75) is 6.42 Å². The summed E-state index contributed by atoms with van der Waals surface area (Å²) in [6, 6.07) is 57.2. The number of hydrogen-bond donors (Lipinski definition) is 0. The molecule has 0 saturated heterocycles. The summed E-state index contributed by atoms with van der Waals surface area (Å²) in [5.74, 6) is 2.11. The summed E-state index contributed by atoms with van der Waals surface area (Å²) < 4.78 is 2.49. The van der Waals surface area contributed by atoms with E-state index in [9.17, 15) is 0 Å². The van der Waals surface area contributed by atoms with Gasteiger partial charge in [0.2, 0.25) is 0 Å². The molecule has 0 aliphatic heterocycles. The molecule has 0 spiro atoms. The molecule has 0 atom stereocenters. The number of nitrogens with zero attached hydrogens (tertiary/aromatic N) is 3. The van der Waals surface area contributed by atoms with E-state index in [2.05, 4.69) is 158 Å². The molecular weight excluding hydrogens is 631 g/mol. The van der Waals surface area contributed by atoms with Crippen molar-refractivity contribution < 1.29 is 0 Å². The van der Waals surface area contributed by atoms with Crippen molar-refractivity contribution >= 4 is 65.9 Å². The van der Waals surface area contributed by atoms with E-state index in [-0.39, 0.29) is 0 Å². The Bertz CT molecular complexity index is 2410. The zero-order valence-corrected chi connectivity index (χ0v) is 28.5. The number of rotatable bonds is 7. The SMILES string of the molecule is C1=CCC(c2nc(-c3ccccc3)nc(-c3cc([Si](c4ccccc4)(c4ccccc4)c4ccccc4)cc4sc5ccccc5c34)n2)=C1. The van der Waals surface area contributed by atoms with E-state index >= 15 is 0 Å². The van der Waals surface area contributed by atoms with Crippen LogP contribution in [0, 0.1) is 0 Å². The summed E-state index contributed by atoms with van der Waals surface area (Å²) in [6.45, 7) is 0. The normalized spacial score (nSPS) is 12.9. The zero-order chi connectivity index (χ0) is 32.6. The van der Waals surface area contributed by atoms with Gasteiger partial charge in [-0.3, -0.25) is 0 Å². The quantitative estimate of drug-likeness (QED) is 0.127. The molecule has 6 aromatic carbocycles. The molecule has 5 heteroatoms. The Morgan fingerprint density at radius 1 is 0.490 bits per heavy atom. The smallest absolute Gasteiger partial charge is 0.179 e. The summed E-state index contributed by atoms with van der Waals surface area (Å²) in [5.41, 5.74) is 3.12. The highest BCUT2D eigenvalue weighted by molar-refractivity contribution is 7.26. The Kier molecular flexibility index (Phi) is 7.42. The van der Waals surface area contributed by atoms with Gasteiger partial charge in [0.25, 0.3) is 0 Å². The number of fused-ring (bicyclic) bond motifs is 3. The average molecular weight is 662 g/mol. The van der Waals surface area contributed by atoms with E-state index in [1.807, 2.05) is 29.5 Å². The van der Waals surface area contributed by atoms with E-state index in [0.717, 1.165) is 28.9 Å². The molecule has 0 N–H and O–H groups in total. The minimum absolute atomic E-state index is 0.684. The van der Waals surface area contributed by atoms with Gasteiger partial charge in [-0.1, -0.05) is 164 Å². The van der Waals surface area contributed by atoms with Gasteiger partial charge in [0.15, 0.2) is 25.5 Å². The van der Waals surface area contributed by atoms with Gasteiger partial charge >= 0.3 is 0 Å². The Hall–Kier alpha value is -5.75. The molecule has 1 aliphatic rings. The maximum absolute atomic E-state index is 5.28. The summed E-state index contributed by atoms with van der Waals surface area (Å²) in [5, 5.41) is 7.72. The lowest BCUT2D eigenvalue weighted by Crippen LogP contribution is -2.74. The fourth-order valence-electron chi connectivity index (χ4n) is 7.28. The molecule has 2 heterocycles. The lowest BCUT2D eigenvalue weighted by molar-refractivity contribution is 1.03. The van der Waals surface area contributed by atoms with Gasteiger partial charge in [-0.2, -0.15) is 0 Å². The van der Waals surface area contributed by atoms with Crippen LogP contribution in [0.1, 0.15) is 12.2 Å². The van der Waals surface area contributed by atoms with Gasteiger partial charge in [-0.25, -0.2) is 15.0 Å². The summed E-state index contributed by atoms with van der Waals surface area (Å²) >= 11 is 1.85. The molecule has 49 heavy (non-hydrogen) atoms. The molecule has 3 nitrogen and oxygen atoms in total. The highest BCUT2D eigenvalue weighted by Gasteiger charge is 2.42. The minimum atomic E-state index is -2.83. The maximum Gasteiger partial charge on any atom is 0.179 e. The first-order valence-corrected chi connectivity index (χ1v) is 19.4. The Morgan fingerprint density at radius 3 is 1.65 bits per heavy atom. The first-order chi connectivity index (χ1) is 24.3. The monoisotopic (exact) mass is 661 g/mol. The summed E-state index contributed by atoms with van der Waals surface area (Å²) in [7, 11) is -2.83. The van der Waals surface area contributed by atoms with Crippen molar-refractivity contribution in [3.8, 4) is 22.8 Å². The van der Waals surface area contributed by atoms with E-state index in [0.29, 0.717) is 11.6 Å². The molecule has 0 amide bonds. The van der Waals surface area contributed by atoms with E-state index in [1.165, 1.54) is 40.9 Å². The molecule has 232 valence electrons. The maximum atomic E-state index is 5.28. The Labute approximate surface area is 290 Å². The predicted molar refractivity (Wildman–Crippen MR) is 209 cm³/mol. The van der Waals surface area contributed by atoms with Gasteiger partial charge in [-0.05, 0) is 39.3 Å². The van der Waals surface area contributed by atoms with Gasteiger partial charge in [-0.15, -0.1) is 11.3 Å². The summed E-state index contributed by atoms with van der Waals surface area (Å²) in [6.07, 6.45) is 7.18. The van der Waals surface area contributed by atoms with Crippen molar-refractivity contribution in [2.24, 2.45) is 0 Å². The standard InChI is InChI=1S/C44H31N3SSi/c1-5-17-31(18-6-1)42-45-43(32-19-13-14-20-32)47-44(46-42)38-29-36(30-40-41(38)37-27-15-16-28-39(37)48-40)49(33-21-7-2-8-22-33,34-23-9-3-10-24-34)35-25-11-4-12-26-35/h1-19,21-30H,20H2. The van der Waals surface area contributed by atoms with E-state index in [1.54, 1.807) is 0 Å². The van der Waals surface area contributed by atoms with Crippen molar-refractivity contribution in [3.05, 3.63) is 182 Å². The van der Waals surface area contributed by atoms with Crippen LogP contribution in [0.4, 0.5) is 0 Å². The highest BCUT2D eigenvalue weighted by atomic mass is 32.1. The number of benzene rings is 6. The molecule has 0 saturated carbocycles. The van der Waals surface area contributed by atoms with Gasteiger partial charge in [0, 0.05) is 36.9 Å². The fourth-order valence-corrected chi connectivity index (χ4v) is 13.4. The summed E-state index contributed by atoms with van der Waals surface area (Å²) in [4.78, 5) is 15.6. The number of aromatic nitrogens is 3. The lowest BCUT2D eigenvalue weighted by atomic mass is 10.1. The van der Waals surface area contributed by atoms with Crippen molar-refractivity contribution in [1.82, 2.24) is 15.0 Å². The largest absolute Gasteiger partial charge is 0.209 e. The van der Waals surface area contributed by atoms with Crippen LogP contribution < -0.4 is 20.7 Å². The van der Waals surface area contributed by atoms with Crippen LogP contribution in [-0.2, 0) is 0 Å². The molecule has 0 fully saturated rings. The first kappa shape index (κ1) is 29.4. The molecule has 0 radical (unpaired) electrons. The van der Waals surface area contributed by atoms with E-state index < -0.39 is 8.07 Å². The first-order valence-electron chi connectivity index (χ1n) is 16.6. The average Bonchev–Trinajstić information content (AvgIpc) is 3.86. The molecule has 0 bridgehead atoms. The molecule has 0 unspecified atom stereocenters. The lowest BCUT2D eigenvalue weighted by Gasteiger charge is -2.34. The molecular formula is C44H31N3SSi.